The molecule has 0 amide bonds. The minimum atomic E-state index is 0.0865. The maximum absolute atomic E-state index is 5.96. The van der Waals surface area contributed by atoms with Gasteiger partial charge in [-0.25, -0.2) is 0 Å². The third-order valence-electron chi connectivity index (χ3n) is 4.85. The van der Waals surface area contributed by atoms with E-state index < -0.39 is 0 Å². The van der Waals surface area contributed by atoms with Crippen LogP contribution in [0.4, 0.5) is 0 Å². The standard InChI is InChI=1S/C21H41N3/c1-3-4-5-6-7-8-9-10-11-12-13-14-15-16-17-21-23-18-19-24(21)20(2)22/h13-14,18-21,23H,3-12,15-17,22H2,1-2H3/b14-13+. The van der Waals surface area contributed by atoms with E-state index in [2.05, 4.69) is 35.5 Å². The Hall–Kier alpha value is -0.960. The largest absolute Gasteiger partial charge is 0.370 e. The second-order valence-corrected chi connectivity index (χ2v) is 7.21. The highest BCUT2D eigenvalue weighted by Gasteiger charge is 2.19. The van der Waals surface area contributed by atoms with Gasteiger partial charge < -0.3 is 16.0 Å². The van der Waals surface area contributed by atoms with Crippen LogP contribution in [0.3, 0.4) is 0 Å². The smallest absolute Gasteiger partial charge is 0.0995 e. The third kappa shape index (κ3) is 10.0. The van der Waals surface area contributed by atoms with Crippen molar-refractivity contribution in [2.75, 3.05) is 0 Å². The van der Waals surface area contributed by atoms with Crippen molar-refractivity contribution in [3.05, 3.63) is 24.6 Å². The Kier molecular flexibility index (Phi) is 12.6. The average molecular weight is 336 g/mol. The van der Waals surface area contributed by atoms with E-state index in [-0.39, 0.29) is 6.17 Å². The summed E-state index contributed by atoms with van der Waals surface area (Å²) in [5.41, 5.74) is 5.96. The van der Waals surface area contributed by atoms with Gasteiger partial charge in [-0.3, -0.25) is 0 Å². The molecular weight excluding hydrogens is 294 g/mol. The molecule has 3 N–H and O–H groups in total. The Bertz CT molecular complexity index is 336. The number of rotatable bonds is 15. The van der Waals surface area contributed by atoms with Crippen LogP contribution < -0.4 is 11.1 Å². The minimum absolute atomic E-state index is 0.0865. The summed E-state index contributed by atoms with van der Waals surface area (Å²) in [6.45, 7) is 4.32. The lowest BCUT2D eigenvalue weighted by molar-refractivity contribution is 0.209. The van der Waals surface area contributed by atoms with Crippen molar-refractivity contribution in [1.29, 1.82) is 0 Å². The SMILES string of the molecule is CCCCCCCCCCC/C=C/CCCC1NC=CN1C(C)N. The number of allylic oxidation sites excluding steroid dienone is 2. The molecule has 2 atom stereocenters. The van der Waals surface area contributed by atoms with Crippen LogP contribution in [0.1, 0.15) is 97.3 Å². The van der Waals surface area contributed by atoms with E-state index in [1.165, 1.54) is 77.0 Å². The molecule has 1 aliphatic heterocycles. The Labute approximate surface area is 150 Å². The molecule has 0 spiro atoms. The fourth-order valence-electron chi connectivity index (χ4n) is 3.32. The van der Waals surface area contributed by atoms with E-state index >= 15 is 0 Å². The zero-order valence-corrected chi connectivity index (χ0v) is 16.2. The molecular formula is C21H41N3. The Balaban J connectivity index is 1.85. The lowest BCUT2D eigenvalue weighted by atomic mass is 10.1. The van der Waals surface area contributed by atoms with Crippen LogP contribution >= 0.6 is 0 Å². The fourth-order valence-corrected chi connectivity index (χ4v) is 3.32. The van der Waals surface area contributed by atoms with Crippen molar-refractivity contribution < 1.29 is 0 Å². The predicted octanol–water partition coefficient (Wildman–Crippen LogP) is 5.64. The van der Waals surface area contributed by atoms with Gasteiger partial charge in [0.15, 0.2) is 0 Å². The summed E-state index contributed by atoms with van der Waals surface area (Å²) < 4.78 is 0. The molecule has 1 heterocycles. The van der Waals surface area contributed by atoms with E-state index in [0.29, 0.717) is 6.17 Å². The van der Waals surface area contributed by atoms with Gasteiger partial charge in [-0.1, -0.05) is 70.4 Å². The number of nitrogens with two attached hydrogens (primary N) is 1. The Morgan fingerprint density at radius 1 is 0.958 bits per heavy atom. The van der Waals surface area contributed by atoms with Gasteiger partial charge >= 0.3 is 0 Å². The van der Waals surface area contributed by atoms with Crippen LogP contribution in [0.5, 0.6) is 0 Å². The third-order valence-corrected chi connectivity index (χ3v) is 4.85. The molecule has 3 nitrogen and oxygen atoms in total. The normalized spacial score (nSPS) is 18.5. The van der Waals surface area contributed by atoms with Crippen molar-refractivity contribution >= 4 is 0 Å². The van der Waals surface area contributed by atoms with E-state index in [1.54, 1.807) is 0 Å². The highest BCUT2D eigenvalue weighted by atomic mass is 15.3. The first kappa shape index (κ1) is 21.1. The van der Waals surface area contributed by atoms with Crippen LogP contribution in [0.25, 0.3) is 0 Å². The zero-order chi connectivity index (χ0) is 17.5. The maximum Gasteiger partial charge on any atom is 0.0995 e. The number of hydrogen-bond acceptors (Lipinski definition) is 3. The Morgan fingerprint density at radius 3 is 2.17 bits per heavy atom. The molecule has 0 saturated heterocycles. The second kappa shape index (κ2) is 14.4. The molecule has 0 aromatic rings. The molecule has 0 fully saturated rings. The van der Waals surface area contributed by atoms with Crippen molar-refractivity contribution in [3.8, 4) is 0 Å². The Morgan fingerprint density at radius 2 is 1.54 bits per heavy atom. The van der Waals surface area contributed by atoms with E-state index in [4.69, 9.17) is 5.73 Å². The summed E-state index contributed by atoms with van der Waals surface area (Å²) in [5, 5.41) is 3.38. The molecule has 0 radical (unpaired) electrons. The zero-order valence-electron chi connectivity index (χ0n) is 16.2. The number of hydrogen-bond donors (Lipinski definition) is 2. The summed E-state index contributed by atoms with van der Waals surface area (Å²) in [4.78, 5) is 2.20. The van der Waals surface area contributed by atoms with E-state index in [1.807, 2.05) is 13.1 Å². The van der Waals surface area contributed by atoms with Gasteiger partial charge in [0, 0.05) is 12.4 Å². The summed E-state index contributed by atoms with van der Waals surface area (Å²) >= 11 is 0. The van der Waals surface area contributed by atoms with Gasteiger partial charge in [-0.05, 0) is 39.0 Å². The monoisotopic (exact) mass is 335 g/mol. The van der Waals surface area contributed by atoms with Crippen LogP contribution in [-0.4, -0.2) is 17.2 Å². The van der Waals surface area contributed by atoms with Gasteiger partial charge in [0.1, 0.15) is 0 Å². The quantitative estimate of drug-likeness (QED) is 0.300. The first-order chi connectivity index (χ1) is 11.8. The molecule has 24 heavy (non-hydrogen) atoms. The predicted molar refractivity (Wildman–Crippen MR) is 106 cm³/mol. The summed E-state index contributed by atoms with van der Waals surface area (Å²) in [5.74, 6) is 0. The van der Waals surface area contributed by atoms with Crippen molar-refractivity contribution in [3.63, 3.8) is 0 Å². The lowest BCUT2D eigenvalue weighted by Gasteiger charge is -2.28. The minimum Gasteiger partial charge on any atom is -0.370 e. The average Bonchev–Trinajstić information content (AvgIpc) is 3.04. The molecule has 0 saturated carbocycles. The summed E-state index contributed by atoms with van der Waals surface area (Å²) in [6, 6.07) is 0. The van der Waals surface area contributed by atoms with E-state index in [0.717, 1.165) is 6.42 Å². The van der Waals surface area contributed by atoms with Crippen LogP contribution in [0, 0.1) is 0 Å². The topological polar surface area (TPSA) is 41.3 Å². The fraction of sp³-hybridized carbons (Fsp3) is 0.810. The van der Waals surface area contributed by atoms with Crippen LogP contribution in [0.2, 0.25) is 0 Å². The van der Waals surface area contributed by atoms with Crippen LogP contribution in [-0.2, 0) is 0 Å². The molecule has 3 heteroatoms. The first-order valence-electron chi connectivity index (χ1n) is 10.4. The maximum atomic E-state index is 5.96. The highest BCUT2D eigenvalue weighted by Crippen LogP contribution is 2.14. The highest BCUT2D eigenvalue weighted by molar-refractivity contribution is 4.95. The van der Waals surface area contributed by atoms with Gasteiger partial charge in [-0.15, -0.1) is 0 Å². The number of nitrogens with one attached hydrogen (secondary N) is 1. The number of unbranched alkanes of at least 4 members (excludes halogenated alkanes) is 10. The number of nitrogens with zero attached hydrogens (tertiary/aromatic N) is 1. The van der Waals surface area contributed by atoms with Gasteiger partial charge in [0.2, 0.25) is 0 Å². The molecule has 140 valence electrons. The molecule has 0 aromatic carbocycles. The van der Waals surface area contributed by atoms with Gasteiger partial charge in [-0.2, -0.15) is 0 Å². The summed E-state index contributed by atoms with van der Waals surface area (Å²) in [6.07, 6.45) is 26.8. The van der Waals surface area contributed by atoms with Crippen molar-refractivity contribution in [1.82, 2.24) is 10.2 Å². The second-order valence-electron chi connectivity index (χ2n) is 7.21. The van der Waals surface area contributed by atoms with Crippen molar-refractivity contribution in [2.24, 2.45) is 5.73 Å². The lowest BCUT2D eigenvalue weighted by Crippen LogP contribution is -2.44. The molecule has 2 unspecified atom stereocenters. The molecule has 0 aliphatic carbocycles. The first-order valence-corrected chi connectivity index (χ1v) is 10.4. The van der Waals surface area contributed by atoms with Crippen molar-refractivity contribution in [2.45, 2.75) is 110 Å². The molecule has 0 aromatic heterocycles. The van der Waals surface area contributed by atoms with Crippen LogP contribution in [0.15, 0.2) is 24.6 Å². The van der Waals surface area contributed by atoms with Gasteiger partial charge in [0.05, 0.1) is 12.3 Å². The summed E-state index contributed by atoms with van der Waals surface area (Å²) in [7, 11) is 0. The van der Waals surface area contributed by atoms with Gasteiger partial charge in [0.25, 0.3) is 0 Å². The van der Waals surface area contributed by atoms with E-state index in [9.17, 15) is 0 Å². The molecule has 0 bridgehead atoms. The molecule has 1 aliphatic rings. The molecule has 1 rings (SSSR count).